The lowest BCUT2D eigenvalue weighted by Gasteiger charge is -2.33. The average molecular weight is 198 g/mol. The standard InChI is InChI=1S/C12H26N2/c1-3-11(8-13)9-14(4-2)10-12-6-5-7-12/h11-12H,3-10,13H2,1-2H3. The molecule has 0 saturated heterocycles. The fourth-order valence-electron chi connectivity index (χ4n) is 2.11. The molecule has 2 heteroatoms. The molecule has 1 aliphatic rings. The molecule has 0 heterocycles. The summed E-state index contributed by atoms with van der Waals surface area (Å²) in [4.78, 5) is 2.59. The van der Waals surface area contributed by atoms with Gasteiger partial charge < -0.3 is 10.6 Å². The molecule has 0 aromatic carbocycles. The van der Waals surface area contributed by atoms with Crippen molar-refractivity contribution in [1.82, 2.24) is 4.90 Å². The number of nitrogens with two attached hydrogens (primary N) is 1. The van der Waals surface area contributed by atoms with Gasteiger partial charge in [-0.2, -0.15) is 0 Å². The molecule has 84 valence electrons. The zero-order valence-corrected chi connectivity index (χ0v) is 9.84. The lowest BCUT2D eigenvalue weighted by molar-refractivity contribution is 0.163. The van der Waals surface area contributed by atoms with Crippen LogP contribution in [0.25, 0.3) is 0 Å². The molecule has 1 aliphatic carbocycles. The van der Waals surface area contributed by atoms with E-state index >= 15 is 0 Å². The molecule has 0 bridgehead atoms. The van der Waals surface area contributed by atoms with Gasteiger partial charge in [-0.15, -0.1) is 0 Å². The molecular formula is C12H26N2. The molecule has 0 aromatic rings. The van der Waals surface area contributed by atoms with E-state index in [-0.39, 0.29) is 0 Å². The van der Waals surface area contributed by atoms with Crippen LogP contribution in [0.3, 0.4) is 0 Å². The molecule has 1 rings (SSSR count). The molecule has 1 atom stereocenters. The predicted molar refractivity (Wildman–Crippen MR) is 62.3 cm³/mol. The van der Waals surface area contributed by atoms with Crippen molar-refractivity contribution in [2.24, 2.45) is 17.6 Å². The highest BCUT2D eigenvalue weighted by atomic mass is 15.1. The van der Waals surface area contributed by atoms with Gasteiger partial charge in [0.1, 0.15) is 0 Å². The van der Waals surface area contributed by atoms with Gasteiger partial charge in [-0.05, 0) is 37.8 Å². The van der Waals surface area contributed by atoms with E-state index in [0.29, 0.717) is 5.92 Å². The molecule has 0 spiro atoms. The third-order valence-corrected chi connectivity index (χ3v) is 3.62. The first-order chi connectivity index (χ1) is 6.80. The second-order valence-electron chi connectivity index (χ2n) is 4.66. The maximum Gasteiger partial charge on any atom is 0.00216 e. The van der Waals surface area contributed by atoms with Crippen molar-refractivity contribution in [3.05, 3.63) is 0 Å². The van der Waals surface area contributed by atoms with Crippen LogP contribution >= 0.6 is 0 Å². The topological polar surface area (TPSA) is 29.3 Å². The maximum atomic E-state index is 5.74. The van der Waals surface area contributed by atoms with E-state index in [0.717, 1.165) is 12.5 Å². The largest absolute Gasteiger partial charge is 0.330 e. The van der Waals surface area contributed by atoms with Gasteiger partial charge in [0.2, 0.25) is 0 Å². The van der Waals surface area contributed by atoms with Gasteiger partial charge in [0, 0.05) is 13.1 Å². The van der Waals surface area contributed by atoms with Crippen LogP contribution in [0.4, 0.5) is 0 Å². The van der Waals surface area contributed by atoms with Crippen LogP contribution in [-0.4, -0.2) is 31.1 Å². The zero-order chi connectivity index (χ0) is 10.4. The fourth-order valence-corrected chi connectivity index (χ4v) is 2.11. The minimum atomic E-state index is 0.704. The van der Waals surface area contributed by atoms with E-state index in [1.165, 1.54) is 45.3 Å². The van der Waals surface area contributed by atoms with Gasteiger partial charge in [0.15, 0.2) is 0 Å². The molecule has 14 heavy (non-hydrogen) atoms. The monoisotopic (exact) mass is 198 g/mol. The first-order valence-electron chi connectivity index (χ1n) is 6.22. The fraction of sp³-hybridized carbons (Fsp3) is 1.00. The summed E-state index contributed by atoms with van der Waals surface area (Å²) in [6, 6.07) is 0. The Morgan fingerprint density at radius 3 is 2.43 bits per heavy atom. The van der Waals surface area contributed by atoms with E-state index < -0.39 is 0 Å². The first-order valence-corrected chi connectivity index (χ1v) is 6.22. The molecule has 0 radical (unpaired) electrons. The summed E-state index contributed by atoms with van der Waals surface area (Å²) in [5.74, 6) is 1.69. The van der Waals surface area contributed by atoms with E-state index in [1.807, 2.05) is 0 Å². The molecule has 1 unspecified atom stereocenters. The Labute approximate surface area is 88.8 Å². The van der Waals surface area contributed by atoms with Crippen LogP contribution < -0.4 is 5.73 Å². The summed E-state index contributed by atoms with van der Waals surface area (Å²) < 4.78 is 0. The van der Waals surface area contributed by atoms with Crippen LogP contribution in [0, 0.1) is 11.8 Å². The van der Waals surface area contributed by atoms with E-state index in [4.69, 9.17) is 5.73 Å². The average Bonchev–Trinajstić information content (AvgIpc) is 2.16. The van der Waals surface area contributed by atoms with Crippen molar-refractivity contribution in [2.45, 2.75) is 39.5 Å². The second kappa shape index (κ2) is 6.41. The molecule has 1 saturated carbocycles. The highest BCUT2D eigenvalue weighted by molar-refractivity contribution is 4.75. The summed E-state index contributed by atoms with van der Waals surface area (Å²) in [7, 11) is 0. The third-order valence-electron chi connectivity index (χ3n) is 3.62. The summed E-state index contributed by atoms with van der Waals surface area (Å²) in [6.45, 7) is 9.06. The summed E-state index contributed by atoms with van der Waals surface area (Å²) in [5.41, 5.74) is 5.74. The van der Waals surface area contributed by atoms with Crippen LogP contribution in [0.1, 0.15) is 39.5 Å². The highest BCUT2D eigenvalue weighted by Gasteiger charge is 2.20. The Balaban J connectivity index is 2.21. The number of hydrogen-bond donors (Lipinski definition) is 1. The molecule has 2 N–H and O–H groups in total. The number of rotatable bonds is 7. The Hall–Kier alpha value is -0.0800. The van der Waals surface area contributed by atoms with Crippen molar-refractivity contribution in [2.75, 3.05) is 26.2 Å². The Morgan fingerprint density at radius 2 is 2.07 bits per heavy atom. The lowest BCUT2D eigenvalue weighted by atomic mass is 9.85. The molecule has 2 nitrogen and oxygen atoms in total. The maximum absolute atomic E-state index is 5.74. The quantitative estimate of drug-likeness (QED) is 0.679. The van der Waals surface area contributed by atoms with Crippen LogP contribution in [-0.2, 0) is 0 Å². The van der Waals surface area contributed by atoms with Gasteiger partial charge in [0.05, 0.1) is 0 Å². The number of hydrogen-bond acceptors (Lipinski definition) is 2. The van der Waals surface area contributed by atoms with E-state index in [1.54, 1.807) is 0 Å². The predicted octanol–water partition coefficient (Wildman–Crippen LogP) is 2.09. The summed E-state index contributed by atoms with van der Waals surface area (Å²) in [6.07, 6.45) is 5.58. The zero-order valence-electron chi connectivity index (χ0n) is 9.84. The van der Waals surface area contributed by atoms with Gasteiger partial charge in [0.25, 0.3) is 0 Å². The van der Waals surface area contributed by atoms with Crippen LogP contribution in [0.2, 0.25) is 0 Å². The minimum absolute atomic E-state index is 0.704. The summed E-state index contributed by atoms with van der Waals surface area (Å²) >= 11 is 0. The Morgan fingerprint density at radius 1 is 1.36 bits per heavy atom. The van der Waals surface area contributed by atoms with Crippen LogP contribution in [0.5, 0.6) is 0 Å². The smallest absolute Gasteiger partial charge is 0.00216 e. The SMILES string of the molecule is CCC(CN)CN(CC)CC1CCC1. The lowest BCUT2D eigenvalue weighted by Crippen LogP contribution is -2.37. The van der Waals surface area contributed by atoms with Gasteiger partial charge in [-0.3, -0.25) is 0 Å². The number of nitrogens with zero attached hydrogens (tertiary/aromatic N) is 1. The van der Waals surface area contributed by atoms with Crippen molar-refractivity contribution in [3.63, 3.8) is 0 Å². The van der Waals surface area contributed by atoms with Crippen molar-refractivity contribution in [3.8, 4) is 0 Å². The molecule has 0 aliphatic heterocycles. The first kappa shape index (κ1) is 12.0. The minimum Gasteiger partial charge on any atom is -0.330 e. The third kappa shape index (κ3) is 3.58. The summed E-state index contributed by atoms with van der Waals surface area (Å²) in [5, 5.41) is 0. The van der Waals surface area contributed by atoms with Crippen molar-refractivity contribution < 1.29 is 0 Å². The molecule has 0 amide bonds. The molecule has 1 fully saturated rings. The van der Waals surface area contributed by atoms with Crippen molar-refractivity contribution in [1.29, 1.82) is 0 Å². The second-order valence-corrected chi connectivity index (χ2v) is 4.66. The van der Waals surface area contributed by atoms with E-state index in [9.17, 15) is 0 Å². The Kier molecular flexibility index (Phi) is 5.49. The molecular weight excluding hydrogens is 172 g/mol. The molecule has 0 aromatic heterocycles. The van der Waals surface area contributed by atoms with Gasteiger partial charge in [-0.25, -0.2) is 0 Å². The Bertz CT molecular complexity index is 139. The van der Waals surface area contributed by atoms with Crippen LogP contribution in [0.15, 0.2) is 0 Å². The highest BCUT2D eigenvalue weighted by Crippen LogP contribution is 2.27. The van der Waals surface area contributed by atoms with E-state index in [2.05, 4.69) is 18.7 Å². The van der Waals surface area contributed by atoms with Gasteiger partial charge >= 0.3 is 0 Å². The van der Waals surface area contributed by atoms with Crippen molar-refractivity contribution >= 4 is 0 Å². The normalized spacial score (nSPS) is 19.7. The van der Waals surface area contributed by atoms with Gasteiger partial charge in [-0.1, -0.05) is 26.7 Å².